The topological polar surface area (TPSA) is 26.3 Å². The molecule has 0 radical (unpaired) electrons. The molecule has 0 amide bonds. The Kier molecular flexibility index (Phi) is 5.00. The first-order chi connectivity index (χ1) is 9.47. The third-order valence-electron chi connectivity index (χ3n) is 2.66. The van der Waals surface area contributed by atoms with Gasteiger partial charge in [-0.15, -0.1) is 0 Å². The van der Waals surface area contributed by atoms with Gasteiger partial charge in [-0.2, -0.15) is 0 Å². The Labute approximate surface area is 135 Å². The fraction of sp³-hybridized carbons (Fsp3) is 0.188. The van der Waals surface area contributed by atoms with Crippen LogP contribution in [-0.2, 0) is 0 Å². The van der Waals surface area contributed by atoms with Crippen LogP contribution < -0.4 is 4.74 Å². The molecule has 4 heteroatoms. The molecule has 0 aromatic heterocycles. The van der Waals surface area contributed by atoms with Gasteiger partial charge < -0.3 is 4.74 Å². The Morgan fingerprint density at radius 1 is 1.05 bits per heavy atom. The van der Waals surface area contributed by atoms with Gasteiger partial charge >= 0.3 is 0 Å². The Balaban J connectivity index is 2.25. The van der Waals surface area contributed by atoms with Gasteiger partial charge in [-0.1, -0.05) is 15.9 Å². The second kappa shape index (κ2) is 6.55. The van der Waals surface area contributed by atoms with E-state index in [1.54, 1.807) is 18.2 Å². The predicted octanol–water partition coefficient (Wildman–Crippen LogP) is 5.23. The zero-order valence-corrected chi connectivity index (χ0v) is 14.4. The number of halogens is 2. The highest BCUT2D eigenvalue weighted by molar-refractivity contribution is 9.11. The van der Waals surface area contributed by atoms with Gasteiger partial charge in [-0.25, -0.2) is 0 Å². The average molecular weight is 398 g/mol. The lowest BCUT2D eigenvalue weighted by Crippen LogP contribution is -2.06. The van der Waals surface area contributed by atoms with Crippen LogP contribution in [-0.4, -0.2) is 11.9 Å². The van der Waals surface area contributed by atoms with Crippen molar-refractivity contribution in [3.05, 3.63) is 62.5 Å². The van der Waals surface area contributed by atoms with Gasteiger partial charge in [0, 0.05) is 20.1 Å². The van der Waals surface area contributed by atoms with Crippen LogP contribution in [0.3, 0.4) is 0 Å². The molecule has 0 aliphatic heterocycles. The molecule has 0 bridgehead atoms. The van der Waals surface area contributed by atoms with Gasteiger partial charge in [0.25, 0.3) is 0 Å². The van der Waals surface area contributed by atoms with E-state index in [9.17, 15) is 4.79 Å². The van der Waals surface area contributed by atoms with Crippen molar-refractivity contribution in [2.24, 2.45) is 0 Å². The normalized spacial score (nSPS) is 10.7. The number of carbonyl (C=O) groups is 1. The smallest absolute Gasteiger partial charge is 0.194 e. The van der Waals surface area contributed by atoms with E-state index in [0.29, 0.717) is 11.1 Å². The number of ketones is 1. The van der Waals surface area contributed by atoms with Gasteiger partial charge in [0.05, 0.1) is 6.10 Å². The van der Waals surface area contributed by atoms with Crippen molar-refractivity contribution in [3.63, 3.8) is 0 Å². The SMILES string of the molecule is CC(C)Oc1ccc(C(=O)c2ccc(Br)cc2Br)cc1. The van der Waals surface area contributed by atoms with Crippen LogP contribution in [0.1, 0.15) is 29.8 Å². The number of rotatable bonds is 4. The lowest BCUT2D eigenvalue weighted by molar-refractivity contribution is 0.103. The highest BCUT2D eigenvalue weighted by Crippen LogP contribution is 2.25. The summed E-state index contributed by atoms with van der Waals surface area (Å²) < 4.78 is 7.28. The quantitative estimate of drug-likeness (QED) is 0.660. The first-order valence-corrected chi connectivity index (χ1v) is 7.82. The fourth-order valence-corrected chi connectivity index (χ4v) is 3.01. The van der Waals surface area contributed by atoms with Gasteiger partial charge in [0.15, 0.2) is 5.78 Å². The van der Waals surface area contributed by atoms with Crippen LogP contribution in [0.15, 0.2) is 51.4 Å². The first kappa shape index (κ1) is 15.3. The number of hydrogen-bond acceptors (Lipinski definition) is 2. The largest absolute Gasteiger partial charge is 0.491 e. The van der Waals surface area contributed by atoms with E-state index in [0.717, 1.165) is 14.7 Å². The van der Waals surface area contributed by atoms with Crippen molar-refractivity contribution in [2.45, 2.75) is 20.0 Å². The van der Waals surface area contributed by atoms with Crippen molar-refractivity contribution < 1.29 is 9.53 Å². The second-order valence-electron chi connectivity index (χ2n) is 4.64. The molecule has 2 nitrogen and oxygen atoms in total. The molecule has 2 rings (SSSR count). The zero-order valence-electron chi connectivity index (χ0n) is 11.2. The molecule has 20 heavy (non-hydrogen) atoms. The molecule has 0 atom stereocenters. The molecule has 2 aromatic rings. The summed E-state index contributed by atoms with van der Waals surface area (Å²) in [5.74, 6) is 0.756. The fourth-order valence-electron chi connectivity index (χ4n) is 1.79. The van der Waals surface area contributed by atoms with Gasteiger partial charge in [0.2, 0.25) is 0 Å². The van der Waals surface area contributed by atoms with E-state index < -0.39 is 0 Å². The minimum absolute atomic E-state index is 0.0135. The molecular formula is C16H14Br2O2. The highest BCUT2D eigenvalue weighted by atomic mass is 79.9. The summed E-state index contributed by atoms with van der Waals surface area (Å²) >= 11 is 6.79. The summed E-state index contributed by atoms with van der Waals surface area (Å²) in [5.41, 5.74) is 1.29. The standard InChI is InChI=1S/C16H14Br2O2/c1-10(2)20-13-6-3-11(4-7-13)16(19)14-8-5-12(17)9-15(14)18/h3-10H,1-2H3. The van der Waals surface area contributed by atoms with E-state index in [1.807, 2.05) is 38.1 Å². The lowest BCUT2D eigenvalue weighted by atomic mass is 10.0. The summed E-state index contributed by atoms with van der Waals surface area (Å²) in [6.07, 6.45) is 0.122. The van der Waals surface area contributed by atoms with E-state index in [2.05, 4.69) is 31.9 Å². The Hall–Kier alpha value is -1.13. The maximum absolute atomic E-state index is 12.4. The van der Waals surface area contributed by atoms with Crippen molar-refractivity contribution in [1.29, 1.82) is 0 Å². The molecule has 0 heterocycles. The van der Waals surface area contributed by atoms with Crippen molar-refractivity contribution in [1.82, 2.24) is 0 Å². The second-order valence-corrected chi connectivity index (χ2v) is 6.41. The van der Waals surface area contributed by atoms with Crippen LogP contribution in [0.25, 0.3) is 0 Å². The van der Waals surface area contributed by atoms with Crippen LogP contribution in [0.4, 0.5) is 0 Å². The first-order valence-electron chi connectivity index (χ1n) is 6.24. The molecule has 0 unspecified atom stereocenters. The van der Waals surface area contributed by atoms with Crippen molar-refractivity contribution in [2.75, 3.05) is 0 Å². The lowest BCUT2D eigenvalue weighted by Gasteiger charge is -2.10. The average Bonchev–Trinajstić information content (AvgIpc) is 2.38. The molecule has 0 aliphatic rings. The molecule has 0 spiro atoms. The summed E-state index contributed by atoms with van der Waals surface area (Å²) in [5, 5.41) is 0. The molecule has 0 saturated heterocycles. The highest BCUT2D eigenvalue weighted by Gasteiger charge is 2.13. The zero-order chi connectivity index (χ0) is 14.7. The van der Waals surface area contributed by atoms with E-state index >= 15 is 0 Å². The number of carbonyl (C=O) groups excluding carboxylic acids is 1. The molecular weight excluding hydrogens is 384 g/mol. The van der Waals surface area contributed by atoms with Crippen LogP contribution in [0.2, 0.25) is 0 Å². The number of benzene rings is 2. The molecule has 0 saturated carbocycles. The maximum Gasteiger partial charge on any atom is 0.194 e. The minimum Gasteiger partial charge on any atom is -0.491 e. The van der Waals surface area contributed by atoms with Crippen LogP contribution in [0, 0.1) is 0 Å². The third kappa shape index (κ3) is 3.70. The number of ether oxygens (including phenoxy) is 1. The summed E-state index contributed by atoms with van der Waals surface area (Å²) in [6, 6.07) is 12.7. The Morgan fingerprint density at radius 2 is 1.70 bits per heavy atom. The molecule has 104 valence electrons. The van der Waals surface area contributed by atoms with Gasteiger partial charge in [-0.3, -0.25) is 4.79 Å². The monoisotopic (exact) mass is 396 g/mol. The molecule has 2 aromatic carbocycles. The summed E-state index contributed by atoms with van der Waals surface area (Å²) in [6.45, 7) is 3.94. The van der Waals surface area contributed by atoms with E-state index in [1.165, 1.54) is 0 Å². The minimum atomic E-state index is -0.0135. The van der Waals surface area contributed by atoms with Crippen molar-refractivity contribution >= 4 is 37.6 Å². The Bertz CT molecular complexity index is 619. The molecule has 0 aliphatic carbocycles. The number of hydrogen-bond donors (Lipinski definition) is 0. The third-order valence-corrected chi connectivity index (χ3v) is 3.81. The molecule has 0 fully saturated rings. The van der Waals surface area contributed by atoms with Crippen LogP contribution >= 0.6 is 31.9 Å². The maximum atomic E-state index is 12.4. The van der Waals surface area contributed by atoms with Gasteiger partial charge in [0.1, 0.15) is 5.75 Å². The van der Waals surface area contributed by atoms with Gasteiger partial charge in [-0.05, 0) is 72.2 Å². The summed E-state index contributed by atoms with van der Waals surface area (Å²) in [4.78, 5) is 12.4. The van der Waals surface area contributed by atoms with Crippen molar-refractivity contribution in [3.8, 4) is 5.75 Å². The van der Waals surface area contributed by atoms with Crippen LogP contribution in [0.5, 0.6) is 5.75 Å². The van der Waals surface area contributed by atoms with E-state index in [4.69, 9.17) is 4.74 Å². The Morgan fingerprint density at radius 3 is 2.25 bits per heavy atom. The molecule has 0 N–H and O–H groups in total. The van der Waals surface area contributed by atoms with E-state index in [-0.39, 0.29) is 11.9 Å². The predicted molar refractivity (Wildman–Crippen MR) is 87.5 cm³/mol. The summed E-state index contributed by atoms with van der Waals surface area (Å²) in [7, 11) is 0.